The van der Waals surface area contributed by atoms with Crippen LogP contribution in [0.4, 0.5) is 0 Å². The van der Waals surface area contributed by atoms with Gasteiger partial charge in [-0.05, 0) is 36.6 Å². The first-order chi connectivity index (χ1) is 16.8. The van der Waals surface area contributed by atoms with Crippen molar-refractivity contribution in [1.82, 2.24) is 9.80 Å². The summed E-state index contributed by atoms with van der Waals surface area (Å²) in [6.45, 7) is 6.88. The first kappa shape index (κ1) is 22.9. The summed E-state index contributed by atoms with van der Waals surface area (Å²) in [4.78, 5) is 43.3. The van der Waals surface area contributed by atoms with E-state index < -0.39 is 29.4 Å². The van der Waals surface area contributed by atoms with Crippen molar-refractivity contribution in [1.29, 1.82) is 5.26 Å². The van der Waals surface area contributed by atoms with Crippen LogP contribution in [0, 0.1) is 29.1 Å². The van der Waals surface area contributed by atoms with Crippen molar-refractivity contribution >= 4 is 17.7 Å². The van der Waals surface area contributed by atoms with Crippen molar-refractivity contribution in [3.8, 4) is 6.07 Å². The number of hydrogen-bond acceptors (Lipinski definition) is 5. The fourth-order valence-electron chi connectivity index (χ4n) is 6.70. The van der Waals surface area contributed by atoms with E-state index in [2.05, 4.69) is 12.6 Å². The van der Waals surface area contributed by atoms with Gasteiger partial charge in [-0.3, -0.25) is 14.4 Å². The third-order valence-corrected chi connectivity index (χ3v) is 7.94. The summed E-state index contributed by atoms with van der Waals surface area (Å²) in [5.41, 5.74) is 1.62. The van der Waals surface area contributed by atoms with Crippen LogP contribution in [0.15, 0.2) is 66.9 Å². The van der Waals surface area contributed by atoms with Gasteiger partial charge in [-0.15, -0.1) is 0 Å². The van der Waals surface area contributed by atoms with Gasteiger partial charge in [0, 0.05) is 30.6 Å². The van der Waals surface area contributed by atoms with E-state index in [0.29, 0.717) is 36.3 Å². The molecule has 0 spiro atoms. The number of amides is 1. The molecule has 3 aliphatic rings. The monoisotopic (exact) mass is 469 g/mol. The number of allylic oxidation sites excluding steroid dienone is 1. The van der Waals surface area contributed by atoms with Crippen LogP contribution in [0.5, 0.6) is 0 Å². The van der Waals surface area contributed by atoms with Gasteiger partial charge in [0.1, 0.15) is 5.92 Å². The third kappa shape index (κ3) is 3.44. The Labute approximate surface area is 204 Å². The quantitative estimate of drug-likeness (QED) is 0.653. The maximum absolute atomic E-state index is 13.8. The number of rotatable bonds is 6. The fourth-order valence-corrected chi connectivity index (χ4v) is 6.70. The van der Waals surface area contributed by atoms with Crippen molar-refractivity contribution < 1.29 is 19.5 Å². The van der Waals surface area contributed by atoms with E-state index in [0.717, 1.165) is 5.56 Å². The number of nitrogens with zero attached hydrogens (tertiary/aromatic N) is 3. The maximum Gasteiger partial charge on any atom is 0.306 e. The summed E-state index contributed by atoms with van der Waals surface area (Å²) in [6.07, 6.45) is 0.0774. The largest absolute Gasteiger partial charge is 0.481 e. The molecule has 5 atom stereocenters. The van der Waals surface area contributed by atoms with E-state index in [-0.39, 0.29) is 24.0 Å². The van der Waals surface area contributed by atoms with Gasteiger partial charge in [-0.1, -0.05) is 49.0 Å². The Bertz CT molecular complexity index is 1270. The smallest absolute Gasteiger partial charge is 0.306 e. The molecule has 178 valence electrons. The second-order valence-corrected chi connectivity index (χ2v) is 9.90. The highest BCUT2D eigenvalue weighted by molar-refractivity contribution is 6.11. The summed E-state index contributed by atoms with van der Waals surface area (Å²) in [5.74, 6) is -2.57. The maximum atomic E-state index is 13.8. The first-order valence-corrected chi connectivity index (χ1v) is 11.8. The summed E-state index contributed by atoms with van der Waals surface area (Å²) in [6, 6.07) is 17.9. The molecule has 0 saturated carbocycles. The minimum absolute atomic E-state index is 0.0765. The highest BCUT2D eigenvalue weighted by Crippen LogP contribution is 2.57. The number of benzene rings is 2. The number of carbonyl (C=O) groups excluding carboxylic acids is 2. The van der Waals surface area contributed by atoms with Crippen molar-refractivity contribution in [3.63, 3.8) is 0 Å². The van der Waals surface area contributed by atoms with Crippen molar-refractivity contribution in [2.45, 2.75) is 31.3 Å². The van der Waals surface area contributed by atoms with Gasteiger partial charge in [0.25, 0.3) is 0 Å². The number of carboxylic acid groups (broad SMARTS) is 1. The molecular formula is C28H27N3O4. The van der Waals surface area contributed by atoms with Gasteiger partial charge in [0.15, 0.2) is 5.78 Å². The lowest BCUT2D eigenvalue weighted by atomic mass is 9.69. The van der Waals surface area contributed by atoms with E-state index in [9.17, 15) is 24.8 Å². The molecule has 3 heterocycles. The summed E-state index contributed by atoms with van der Waals surface area (Å²) in [7, 11) is 0. The molecule has 0 aromatic heterocycles. The zero-order chi connectivity index (χ0) is 24.9. The number of likely N-dealkylation sites (tertiary alicyclic amines) is 1. The van der Waals surface area contributed by atoms with Crippen LogP contribution in [0.3, 0.4) is 0 Å². The van der Waals surface area contributed by atoms with Crippen molar-refractivity contribution in [3.05, 3.63) is 83.6 Å². The van der Waals surface area contributed by atoms with Crippen LogP contribution in [0.25, 0.3) is 0 Å². The summed E-state index contributed by atoms with van der Waals surface area (Å²) in [5, 5.41) is 19.6. The van der Waals surface area contributed by atoms with Crippen molar-refractivity contribution in [2.75, 3.05) is 13.1 Å². The molecule has 5 unspecified atom stereocenters. The number of carboxylic acids is 1. The van der Waals surface area contributed by atoms with Crippen LogP contribution in [-0.4, -0.2) is 51.7 Å². The van der Waals surface area contributed by atoms with Gasteiger partial charge in [-0.25, -0.2) is 0 Å². The first-order valence-electron chi connectivity index (χ1n) is 11.8. The highest BCUT2D eigenvalue weighted by atomic mass is 16.4. The molecule has 0 radical (unpaired) electrons. The Morgan fingerprint density at radius 3 is 2.57 bits per heavy atom. The normalized spacial score (nSPS) is 29.1. The Kier molecular flexibility index (Phi) is 5.47. The Morgan fingerprint density at radius 1 is 1.17 bits per heavy atom. The molecule has 1 N–H and O–H groups in total. The molecular weight excluding hydrogens is 442 g/mol. The molecule has 7 nitrogen and oxygen atoms in total. The number of carbonyl (C=O) groups is 3. The highest BCUT2D eigenvalue weighted by Gasteiger charge is 2.68. The fraction of sp³-hybridized carbons (Fsp3) is 0.357. The summed E-state index contributed by atoms with van der Waals surface area (Å²) < 4.78 is 0. The van der Waals surface area contributed by atoms with E-state index in [1.165, 1.54) is 0 Å². The Balaban J connectivity index is 1.62. The minimum Gasteiger partial charge on any atom is -0.481 e. The van der Waals surface area contributed by atoms with Crippen LogP contribution in [0.2, 0.25) is 0 Å². The van der Waals surface area contributed by atoms with Gasteiger partial charge in [0.05, 0.1) is 29.6 Å². The van der Waals surface area contributed by atoms with Crippen LogP contribution >= 0.6 is 0 Å². The number of ketones is 1. The second kappa shape index (κ2) is 8.38. The zero-order valence-electron chi connectivity index (χ0n) is 19.6. The number of hydrogen-bond donors (Lipinski definition) is 1. The topological polar surface area (TPSA) is 102 Å². The van der Waals surface area contributed by atoms with Crippen LogP contribution in [0.1, 0.15) is 30.0 Å². The average molecular weight is 470 g/mol. The molecule has 1 amide bonds. The average Bonchev–Trinajstić information content (AvgIpc) is 3.44. The van der Waals surface area contributed by atoms with Crippen LogP contribution in [-0.2, 0) is 26.3 Å². The molecule has 0 aliphatic carbocycles. The lowest BCUT2D eigenvalue weighted by molar-refractivity contribution is -0.141. The minimum atomic E-state index is -1.09. The predicted molar refractivity (Wildman–Crippen MR) is 128 cm³/mol. The second-order valence-electron chi connectivity index (χ2n) is 9.90. The Morgan fingerprint density at radius 2 is 1.91 bits per heavy atom. The van der Waals surface area contributed by atoms with Gasteiger partial charge in [0.2, 0.25) is 5.91 Å². The van der Waals surface area contributed by atoms with Gasteiger partial charge >= 0.3 is 5.97 Å². The lowest BCUT2D eigenvalue weighted by Gasteiger charge is -2.45. The molecule has 2 aromatic carbocycles. The molecule has 7 heteroatoms. The van der Waals surface area contributed by atoms with Gasteiger partial charge < -0.3 is 14.9 Å². The molecule has 3 saturated heterocycles. The third-order valence-electron chi connectivity index (χ3n) is 7.94. The zero-order valence-corrected chi connectivity index (χ0v) is 19.6. The van der Waals surface area contributed by atoms with Gasteiger partial charge in [-0.2, -0.15) is 5.26 Å². The number of nitriles is 1. The standard InChI is InChI=1S/C28H27N3O4/c1-17(2)31-16-20-15-30-25(26(34)22(27(30)35)12-18-7-4-3-5-8-18)24(20)28(31,13-23(32)33)21-10-6-9-19(11-21)14-29/h3-11,20,22,24-25H,1,12-13,15-16H2,2H3,(H,32,33). The van der Waals surface area contributed by atoms with E-state index in [1.807, 2.05) is 48.2 Å². The lowest BCUT2D eigenvalue weighted by Crippen LogP contribution is -2.51. The number of fused-ring (bicyclic) bond motifs is 3. The molecule has 3 aliphatic heterocycles. The van der Waals surface area contributed by atoms with E-state index in [1.54, 1.807) is 23.1 Å². The molecule has 3 fully saturated rings. The van der Waals surface area contributed by atoms with E-state index >= 15 is 0 Å². The number of Topliss-reactive ketones (excluding diaryl/α,β-unsaturated/α-hetero) is 1. The molecule has 0 bridgehead atoms. The molecule has 35 heavy (non-hydrogen) atoms. The predicted octanol–water partition coefficient (Wildman–Crippen LogP) is 2.96. The SMILES string of the molecule is C=C(C)N1CC2CN3C(=O)C(Cc4ccccc4)C(=O)C3C2C1(CC(=O)O)c1cccc(C#N)c1. The Hall–Kier alpha value is -3.92. The van der Waals surface area contributed by atoms with Crippen LogP contribution < -0.4 is 0 Å². The molecule has 5 rings (SSSR count). The van der Waals surface area contributed by atoms with Crippen molar-refractivity contribution in [2.24, 2.45) is 17.8 Å². The summed E-state index contributed by atoms with van der Waals surface area (Å²) >= 11 is 0. The van der Waals surface area contributed by atoms with E-state index in [4.69, 9.17) is 0 Å². The number of aliphatic carboxylic acids is 1. The molecule has 2 aromatic rings.